The molecule has 0 saturated carbocycles. The lowest BCUT2D eigenvalue weighted by atomic mass is 10.1. The fourth-order valence-corrected chi connectivity index (χ4v) is 3.06. The van der Waals surface area contributed by atoms with E-state index in [0.29, 0.717) is 0 Å². The molecule has 2 aliphatic rings. The number of aromatic nitrogens is 1. The van der Waals surface area contributed by atoms with Gasteiger partial charge in [0.05, 0.1) is 23.7 Å². The van der Waals surface area contributed by atoms with E-state index in [9.17, 15) is 5.11 Å². The second-order valence-corrected chi connectivity index (χ2v) is 5.40. The van der Waals surface area contributed by atoms with Crippen molar-refractivity contribution in [3.05, 3.63) is 24.0 Å². The van der Waals surface area contributed by atoms with E-state index >= 15 is 0 Å². The van der Waals surface area contributed by atoms with E-state index in [1.807, 2.05) is 12.3 Å². The minimum Gasteiger partial charge on any atom is -0.387 e. The molecule has 2 atom stereocenters. The third-order valence-corrected chi connectivity index (χ3v) is 4.15. The number of piperazine rings is 1. The number of fused-ring (bicyclic) bond motifs is 1. The van der Waals surface area contributed by atoms with Crippen molar-refractivity contribution in [2.24, 2.45) is 0 Å². The molecule has 0 spiro atoms. The second kappa shape index (κ2) is 4.86. The first-order chi connectivity index (χ1) is 8.74. The molecular weight excluding hydrogens is 226 g/mol. The zero-order valence-corrected chi connectivity index (χ0v) is 10.9. The molecule has 0 radical (unpaired) electrons. The highest BCUT2D eigenvalue weighted by atomic mass is 16.3. The molecule has 0 bridgehead atoms. The largest absolute Gasteiger partial charge is 0.387 e. The summed E-state index contributed by atoms with van der Waals surface area (Å²) in [5, 5.41) is 9.47. The van der Waals surface area contributed by atoms with Gasteiger partial charge in [0, 0.05) is 25.7 Å². The van der Waals surface area contributed by atoms with Gasteiger partial charge in [0.2, 0.25) is 0 Å². The molecule has 2 fully saturated rings. The normalized spacial score (nSPS) is 26.1. The number of hydrogen-bond donors (Lipinski definition) is 1. The smallest absolute Gasteiger partial charge is 0.0931 e. The Hall–Kier alpha value is -1.13. The number of aliphatic hydroxyl groups is 1. The first-order valence-corrected chi connectivity index (χ1v) is 6.87. The van der Waals surface area contributed by atoms with E-state index in [0.717, 1.165) is 24.8 Å². The lowest BCUT2D eigenvalue weighted by Gasteiger charge is -2.38. The summed E-state index contributed by atoms with van der Waals surface area (Å²) < 4.78 is 0. The zero-order valence-electron chi connectivity index (χ0n) is 10.9. The van der Waals surface area contributed by atoms with Crippen LogP contribution in [-0.2, 0) is 0 Å². The number of nitrogens with zero attached hydrogens (tertiary/aromatic N) is 3. The van der Waals surface area contributed by atoms with Gasteiger partial charge in [0.15, 0.2) is 0 Å². The molecule has 2 saturated heterocycles. The van der Waals surface area contributed by atoms with Crippen molar-refractivity contribution in [1.29, 1.82) is 0 Å². The average molecular weight is 247 g/mol. The zero-order chi connectivity index (χ0) is 12.5. The molecule has 1 aromatic heterocycles. The minimum atomic E-state index is -0.481. The SMILES string of the molecule is CC(O)c1ccc(N2CCN3CCCC3C2)cn1. The van der Waals surface area contributed by atoms with Crippen LogP contribution in [0.15, 0.2) is 18.3 Å². The van der Waals surface area contributed by atoms with Crippen LogP contribution in [0.3, 0.4) is 0 Å². The molecule has 18 heavy (non-hydrogen) atoms. The molecule has 0 amide bonds. The van der Waals surface area contributed by atoms with Gasteiger partial charge in [-0.25, -0.2) is 0 Å². The molecule has 2 aliphatic heterocycles. The summed E-state index contributed by atoms with van der Waals surface area (Å²) in [6.07, 6.45) is 4.09. The van der Waals surface area contributed by atoms with Gasteiger partial charge in [-0.05, 0) is 38.4 Å². The highest BCUT2D eigenvalue weighted by Crippen LogP contribution is 2.25. The number of hydrogen-bond acceptors (Lipinski definition) is 4. The number of anilines is 1. The minimum absolute atomic E-state index is 0.481. The molecule has 4 heteroatoms. The van der Waals surface area contributed by atoms with Crippen molar-refractivity contribution < 1.29 is 5.11 Å². The van der Waals surface area contributed by atoms with Crippen LogP contribution in [-0.4, -0.2) is 47.2 Å². The maximum Gasteiger partial charge on any atom is 0.0931 e. The molecule has 3 heterocycles. The van der Waals surface area contributed by atoms with Crippen LogP contribution in [0.1, 0.15) is 31.6 Å². The summed E-state index contributed by atoms with van der Waals surface area (Å²) in [6.45, 7) is 6.40. The van der Waals surface area contributed by atoms with Crippen LogP contribution < -0.4 is 4.90 Å². The second-order valence-electron chi connectivity index (χ2n) is 5.40. The van der Waals surface area contributed by atoms with Crippen molar-refractivity contribution in [3.63, 3.8) is 0 Å². The molecule has 98 valence electrons. The first kappa shape index (κ1) is 11.9. The summed E-state index contributed by atoms with van der Waals surface area (Å²) >= 11 is 0. The predicted octanol–water partition coefficient (Wildman–Crippen LogP) is 1.42. The first-order valence-electron chi connectivity index (χ1n) is 6.87. The van der Waals surface area contributed by atoms with E-state index in [1.165, 1.54) is 31.6 Å². The van der Waals surface area contributed by atoms with E-state index in [2.05, 4.69) is 20.9 Å². The van der Waals surface area contributed by atoms with Crippen molar-refractivity contribution in [2.75, 3.05) is 31.1 Å². The Balaban J connectivity index is 1.71. The van der Waals surface area contributed by atoms with Gasteiger partial charge in [-0.3, -0.25) is 9.88 Å². The maximum absolute atomic E-state index is 9.47. The van der Waals surface area contributed by atoms with E-state index < -0.39 is 6.10 Å². The standard InChI is InChI=1S/C14H21N3O/c1-11(18)14-5-4-12(9-15-14)17-8-7-16-6-2-3-13(16)10-17/h4-5,9,11,13,18H,2-3,6-8,10H2,1H3. The summed E-state index contributed by atoms with van der Waals surface area (Å²) in [5.41, 5.74) is 1.93. The topological polar surface area (TPSA) is 39.6 Å². The molecule has 4 nitrogen and oxygen atoms in total. The highest BCUT2D eigenvalue weighted by molar-refractivity contribution is 5.45. The van der Waals surface area contributed by atoms with Gasteiger partial charge in [-0.2, -0.15) is 0 Å². The van der Waals surface area contributed by atoms with Crippen LogP contribution in [0, 0.1) is 0 Å². The van der Waals surface area contributed by atoms with Crippen molar-refractivity contribution in [3.8, 4) is 0 Å². The Bertz CT molecular complexity index is 404. The predicted molar refractivity (Wildman–Crippen MR) is 71.7 cm³/mol. The third kappa shape index (κ3) is 2.22. The van der Waals surface area contributed by atoms with E-state index in [-0.39, 0.29) is 0 Å². The highest BCUT2D eigenvalue weighted by Gasteiger charge is 2.30. The van der Waals surface area contributed by atoms with E-state index in [1.54, 1.807) is 6.92 Å². The third-order valence-electron chi connectivity index (χ3n) is 4.15. The molecule has 1 N–H and O–H groups in total. The molecule has 0 aromatic carbocycles. The summed E-state index contributed by atoms with van der Waals surface area (Å²) in [6, 6.07) is 4.75. The Morgan fingerprint density at radius 2 is 2.22 bits per heavy atom. The van der Waals surface area contributed by atoms with E-state index in [4.69, 9.17) is 0 Å². The summed E-state index contributed by atoms with van der Waals surface area (Å²) in [5.74, 6) is 0. The number of aliphatic hydroxyl groups excluding tert-OH is 1. The quantitative estimate of drug-likeness (QED) is 0.858. The Morgan fingerprint density at radius 1 is 1.33 bits per heavy atom. The molecule has 0 aliphatic carbocycles. The Labute approximate surface area is 108 Å². The van der Waals surface area contributed by atoms with Gasteiger partial charge in [0.1, 0.15) is 0 Å². The molecule has 2 unspecified atom stereocenters. The molecular formula is C14H21N3O. The lowest BCUT2D eigenvalue weighted by molar-refractivity contribution is 0.194. The van der Waals surface area contributed by atoms with Crippen LogP contribution >= 0.6 is 0 Å². The Kier molecular flexibility index (Phi) is 3.22. The summed E-state index contributed by atoms with van der Waals surface area (Å²) in [7, 11) is 0. The van der Waals surface area contributed by atoms with Crippen molar-refractivity contribution in [2.45, 2.75) is 31.9 Å². The van der Waals surface area contributed by atoms with Gasteiger partial charge in [0.25, 0.3) is 0 Å². The van der Waals surface area contributed by atoms with Gasteiger partial charge in [-0.1, -0.05) is 0 Å². The number of rotatable bonds is 2. The van der Waals surface area contributed by atoms with Crippen LogP contribution in [0.5, 0.6) is 0 Å². The summed E-state index contributed by atoms with van der Waals surface area (Å²) in [4.78, 5) is 9.36. The van der Waals surface area contributed by atoms with Crippen LogP contribution in [0.4, 0.5) is 5.69 Å². The van der Waals surface area contributed by atoms with Gasteiger partial charge >= 0.3 is 0 Å². The van der Waals surface area contributed by atoms with Crippen molar-refractivity contribution in [1.82, 2.24) is 9.88 Å². The van der Waals surface area contributed by atoms with Crippen molar-refractivity contribution >= 4 is 5.69 Å². The van der Waals surface area contributed by atoms with Gasteiger partial charge < -0.3 is 10.0 Å². The monoisotopic (exact) mass is 247 g/mol. The number of pyridine rings is 1. The molecule has 1 aromatic rings. The van der Waals surface area contributed by atoms with Gasteiger partial charge in [-0.15, -0.1) is 0 Å². The average Bonchev–Trinajstić information content (AvgIpc) is 2.86. The lowest BCUT2D eigenvalue weighted by Crippen LogP contribution is -2.50. The fraction of sp³-hybridized carbons (Fsp3) is 0.643. The van der Waals surface area contributed by atoms with Crippen LogP contribution in [0.25, 0.3) is 0 Å². The fourth-order valence-electron chi connectivity index (χ4n) is 3.06. The maximum atomic E-state index is 9.47. The molecule has 3 rings (SSSR count). The van der Waals surface area contributed by atoms with Crippen LogP contribution in [0.2, 0.25) is 0 Å². The Morgan fingerprint density at radius 3 is 2.94 bits per heavy atom.